The zero-order valence-electron chi connectivity index (χ0n) is 17.3. The number of aliphatic imine (C=N–C) groups is 1. The van der Waals surface area contributed by atoms with E-state index in [9.17, 15) is 9.59 Å². The molecule has 0 radical (unpaired) electrons. The van der Waals surface area contributed by atoms with Gasteiger partial charge in [-0.15, -0.1) is 24.0 Å². The van der Waals surface area contributed by atoms with E-state index in [0.29, 0.717) is 49.6 Å². The third-order valence-corrected chi connectivity index (χ3v) is 6.15. The molecule has 4 rings (SSSR count). The lowest BCUT2D eigenvalue weighted by atomic mass is 9.85. The molecule has 2 bridgehead atoms. The van der Waals surface area contributed by atoms with Crippen molar-refractivity contribution in [3.8, 4) is 5.88 Å². The largest absolute Gasteiger partial charge is 0.475 e. The number of nitrogens with zero attached hydrogens (tertiary/aromatic N) is 3. The average molecular weight is 560 g/mol. The summed E-state index contributed by atoms with van der Waals surface area (Å²) in [6.07, 6.45) is 6.77. The van der Waals surface area contributed by atoms with E-state index in [0.717, 1.165) is 6.42 Å². The summed E-state index contributed by atoms with van der Waals surface area (Å²) in [5.41, 5.74) is 0. The molecule has 2 aliphatic carbocycles. The second-order valence-corrected chi connectivity index (χ2v) is 8.06. The summed E-state index contributed by atoms with van der Waals surface area (Å²) in [4.78, 5) is 35.4. The SMILES string of the molecule is CCNC(=NCCN1C(=O)C2C3C=CC(C3)C2C1=O)NCCOc1ncccc1Cl.I. The third kappa shape index (κ3) is 4.97. The minimum absolute atomic E-state index is 0. The number of imide groups is 1. The molecule has 1 saturated carbocycles. The van der Waals surface area contributed by atoms with Crippen LogP contribution in [0.5, 0.6) is 5.88 Å². The number of hydrogen-bond acceptors (Lipinski definition) is 5. The van der Waals surface area contributed by atoms with Gasteiger partial charge in [-0.1, -0.05) is 23.8 Å². The fourth-order valence-corrected chi connectivity index (χ4v) is 4.76. The van der Waals surface area contributed by atoms with E-state index in [1.165, 1.54) is 4.90 Å². The Bertz CT molecular complexity index is 850. The molecular formula is C21H27ClIN5O3. The van der Waals surface area contributed by atoms with Crippen molar-refractivity contribution in [2.45, 2.75) is 13.3 Å². The van der Waals surface area contributed by atoms with Gasteiger partial charge in [0.15, 0.2) is 5.96 Å². The Hall–Kier alpha value is -1.88. The van der Waals surface area contributed by atoms with Crippen LogP contribution < -0.4 is 15.4 Å². The number of ether oxygens (including phenoxy) is 1. The number of rotatable bonds is 8. The fraction of sp³-hybridized carbons (Fsp3) is 0.524. The Balaban J connectivity index is 0.00000272. The molecule has 31 heavy (non-hydrogen) atoms. The second-order valence-electron chi connectivity index (χ2n) is 7.65. The molecule has 0 spiro atoms. The molecule has 2 N–H and O–H groups in total. The third-order valence-electron chi connectivity index (χ3n) is 5.86. The number of hydrogen-bond donors (Lipinski definition) is 2. The van der Waals surface area contributed by atoms with Crippen molar-refractivity contribution >= 4 is 53.4 Å². The number of pyridine rings is 1. The minimum atomic E-state index is -0.154. The summed E-state index contributed by atoms with van der Waals surface area (Å²) in [7, 11) is 0. The number of nitrogens with one attached hydrogen (secondary N) is 2. The van der Waals surface area contributed by atoms with Gasteiger partial charge >= 0.3 is 0 Å². The Kier molecular flexibility index (Phi) is 8.15. The van der Waals surface area contributed by atoms with Crippen LogP contribution in [0.25, 0.3) is 0 Å². The highest BCUT2D eigenvalue weighted by atomic mass is 127. The predicted octanol–water partition coefficient (Wildman–Crippen LogP) is 2.09. The Morgan fingerprint density at radius 1 is 1.26 bits per heavy atom. The van der Waals surface area contributed by atoms with Crippen LogP contribution in [0.2, 0.25) is 5.02 Å². The molecule has 3 aliphatic rings. The molecule has 2 heterocycles. The first-order valence-electron chi connectivity index (χ1n) is 10.4. The van der Waals surface area contributed by atoms with Gasteiger partial charge in [-0.2, -0.15) is 0 Å². The highest BCUT2D eigenvalue weighted by molar-refractivity contribution is 14.0. The lowest BCUT2D eigenvalue weighted by molar-refractivity contribution is -0.140. The molecule has 4 unspecified atom stereocenters. The van der Waals surface area contributed by atoms with Crippen molar-refractivity contribution in [3.63, 3.8) is 0 Å². The number of aromatic nitrogens is 1. The quantitative estimate of drug-likeness (QED) is 0.127. The molecule has 1 aromatic heterocycles. The topological polar surface area (TPSA) is 95.9 Å². The first-order valence-corrected chi connectivity index (χ1v) is 10.8. The van der Waals surface area contributed by atoms with Crippen LogP contribution in [0.3, 0.4) is 0 Å². The lowest BCUT2D eigenvalue weighted by Gasteiger charge is -2.17. The van der Waals surface area contributed by atoms with Gasteiger partial charge in [0.2, 0.25) is 17.7 Å². The van der Waals surface area contributed by atoms with Crippen LogP contribution in [0, 0.1) is 23.7 Å². The average Bonchev–Trinajstić information content (AvgIpc) is 3.42. The number of carbonyl (C=O) groups excluding carboxylic acids is 2. The first-order chi connectivity index (χ1) is 14.6. The summed E-state index contributed by atoms with van der Waals surface area (Å²) in [6, 6.07) is 3.47. The van der Waals surface area contributed by atoms with Crippen LogP contribution in [-0.2, 0) is 9.59 Å². The van der Waals surface area contributed by atoms with Crippen molar-refractivity contribution in [2.75, 3.05) is 32.8 Å². The molecule has 8 nitrogen and oxygen atoms in total. The summed E-state index contributed by atoms with van der Waals surface area (Å²) in [5, 5.41) is 6.78. The van der Waals surface area contributed by atoms with E-state index in [2.05, 4.69) is 32.8 Å². The summed E-state index contributed by atoms with van der Waals surface area (Å²) >= 11 is 6.02. The molecule has 1 saturated heterocycles. The highest BCUT2D eigenvalue weighted by Crippen LogP contribution is 2.52. The van der Waals surface area contributed by atoms with Crippen LogP contribution in [0.1, 0.15) is 13.3 Å². The number of likely N-dealkylation sites (tertiary alicyclic amines) is 1. The van der Waals surface area contributed by atoms with Gasteiger partial charge in [-0.3, -0.25) is 19.5 Å². The van der Waals surface area contributed by atoms with Gasteiger partial charge in [0.05, 0.1) is 24.9 Å². The van der Waals surface area contributed by atoms with Gasteiger partial charge in [-0.05, 0) is 37.3 Å². The van der Waals surface area contributed by atoms with Crippen molar-refractivity contribution in [1.29, 1.82) is 0 Å². The van der Waals surface area contributed by atoms with Gasteiger partial charge in [-0.25, -0.2) is 4.98 Å². The Morgan fingerprint density at radius 2 is 1.97 bits per heavy atom. The van der Waals surface area contributed by atoms with Crippen LogP contribution in [0.15, 0.2) is 35.5 Å². The Labute approximate surface area is 203 Å². The van der Waals surface area contributed by atoms with E-state index in [4.69, 9.17) is 16.3 Å². The summed E-state index contributed by atoms with van der Waals surface area (Å²) in [5.74, 6) is 1.09. The molecule has 10 heteroatoms. The number of amides is 2. The van der Waals surface area contributed by atoms with Gasteiger partial charge in [0.25, 0.3) is 0 Å². The second kappa shape index (κ2) is 10.6. The highest BCUT2D eigenvalue weighted by Gasteiger charge is 2.58. The summed E-state index contributed by atoms with van der Waals surface area (Å²) in [6.45, 7) is 4.18. The number of guanidine groups is 1. The zero-order valence-corrected chi connectivity index (χ0v) is 20.4. The van der Waals surface area contributed by atoms with E-state index in [-0.39, 0.29) is 59.5 Å². The maximum absolute atomic E-state index is 12.7. The standard InChI is InChI=1S/C21H26ClN5O3.HI/c1-2-23-21(26-9-11-30-18-15(22)4-3-7-24-18)25-8-10-27-19(28)16-13-5-6-14(12-13)17(16)20(27)29;/h3-7,13-14,16-17H,2,8-12H2,1H3,(H2,23,25,26);1H. The first kappa shape index (κ1) is 23.8. The minimum Gasteiger partial charge on any atom is -0.475 e. The van der Waals surface area contributed by atoms with E-state index >= 15 is 0 Å². The van der Waals surface area contributed by atoms with Crippen LogP contribution >= 0.6 is 35.6 Å². The number of halogens is 2. The van der Waals surface area contributed by atoms with Crippen molar-refractivity contribution in [1.82, 2.24) is 20.5 Å². The monoisotopic (exact) mass is 559 g/mol. The molecule has 0 aromatic carbocycles. The van der Waals surface area contributed by atoms with Gasteiger partial charge in [0.1, 0.15) is 11.6 Å². The van der Waals surface area contributed by atoms with E-state index in [1.54, 1.807) is 18.3 Å². The lowest BCUT2D eigenvalue weighted by Crippen LogP contribution is -2.40. The van der Waals surface area contributed by atoms with Crippen molar-refractivity contribution < 1.29 is 14.3 Å². The molecule has 4 atom stereocenters. The number of carbonyl (C=O) groups is 2. The fourth-order valence-electron chi connectivity index (χ4n) is 4.58. The summed E-state index contributed by atoms with van der Waals surface area (Å²) < 4.78 is 5.56. The van der Waals surface area contributed by atoms with Crippen LogP contribution in [-0.4, -0.2) is 60.4 Å². The smallest absolute Gasteiger partial charge is 0.233 e. The maximum atomic E-state index is 12.7. The number of allylic oxidation sites excluding steroid dienone is 2. The van der Waals surface area contributed by atoms with Crippen molar-refractivity contribution in [2.24, 2.45) is 28.7 Å². The normalized spacial score (nSPS) is 26.1. The molecule has 168 valence electrons. The Morgan fingerprint density at radius 3 is 2.61 bits per heavy atom. The van der Waals surface area contributed by atoms with Crippen molar-refractivity contribution in [3.05, 3.63) is 35.5 Å². The van der Waals surface area contributed by atoms with Crippen LogP contribution in [0.4, 0.5) is 0 Å². The van der Waals surface area contributed by atoms with E-state index < -0.39 is 0 Å². The molecule has 2 amide bonds. The molecule has 1 aromatic rings. The van der Waals surface area contributed by atoms with Gasteiger partial charge in [0, 0.05) is 19.3 Å². The van der Waals surface area contributed by atoms with Gasteiger partial charge < -0.3 is 15.4 Å². The molecular weight excluding hydrogens is 533 g/mol. The zero-order chi connectivity index (χ0) is 21.1. The maximum Gasteiger partial charge on any atom is 0.233 e. The molecule has 2 fully saturated rings. The predicted molar refractivity (Wildman–Crippen MR) is 129 cm³/mol. The van der Waals surface area contributed by atoms with E-state index in [1.807, 2.05) is 6.92 Å². The molecule has 1 aliphatic heterocycles. The number of fused-ring (bicyclic) bond motifs is 5.